The van der Waals surface area contributed by atoms with Gasteiger partial charge in [0, 0.05) is 37.9 Å². The van der Waals surface area contributed by atoms with Crippen LogP contribution in [-0.4, -0.2) is 117 Å². The van der Waals surface area contributed by atoms with Gasteiger partial charge in [0.05, 0.1) is 43.3 Å². The average molecular weight is 675 g/mol. The van der Waals surface area contributed by atoms with Gasteiger partial charge in [-0.3, -0.25) is 43.3 Å². The SMILES string of the molecule is CC(=O)N[C@H](C(=O)N[C@@H](Cc1cnc[nH]1)C(=O)NCC(=O)NCC(=O)N[C@@H](Cc1cnc(C)c(O)c1C=O)C(=O)NCC(N)=O)[C@@H](C)O. The second-order valence-electron chi connectivity index (χ2n) is 10.5. The zero-order valence-corrected chi connectivity index (χ0v) is 26.3. The zero-order valence-electron chi connectivity index (χ0n) is 26.3. The summed E-state index contributed by atoms with van der Waals surface area (Å²) < 4.78 is 0. The summed E-state index contributed by atoms with van der Waals surface area (Å²) in [4.78, 5) is 108. The number of nitrogens with zero attached hydrogens (tertiary/aromatic N) is 2. The first-order chi connectivity index (χ1) is 22.6. The normalized spacial score (nSPS) is 13.1. The van der Waals surface area contributed by atoms with Gasteiger partial charge in [-0.05, 0) is 19.4 Å². The summed E-state index contributed by atoms with van der Waals surface area (Å²) in [7, 11) is 0. The predicted octanol–water partition coefficient (Wildman–Crippen LogP) is -4.89. The van der Waals surface area contributed by atoms with Gasteiger partial charge in [0.25, 0.3) is 0 Å². The van der Waals surface area contributed by atoms with Gasteiger partial charge in [-0.25, -0.2) is 4.98 Å². The maximum atomic E-state index is 13.0. The van der Waals surface area contributed by atoms with Gasteiger partial charge in [0.15, 0.2) is 6.29 Å². The molecule has 2 aromatic rings. The number of aromatic hydroxyl groups is 1. The Bertz CT molecular complexity index is 1510. The molecule has 0 saturated heterocycles. The van der Waals surface area contributed by atoms with Crippen molar-refractivity contribution in [1.29, 1.82) is 0 Å². The number of aromatic amines is 1. The van der Waals surface area contributed by atoms with E-state index in [9.17, 15) is 48.6 Å². The van der Waals surface area contributed by atoms with Crippen LogP contribution in [-0.2, 0) is 46.4 Å². The number of aryl methyl sites for hydroxylation is 1. The van der Waals surface area contributed by atoms with Crippen molar-refractivity contribution in [2.24, 2.45) is 5.73 Å². The minimum absolute atomic E-state index is 0.104. The third-order valence-corrected chi connectivity index (χ3v) is 6.59. The van der Waals surface area contributed by atoms with Crippen LogP contribution >= 0.6 is 0 Å². The van der Waals surface area contributed by atoms with E-state index < -0.39 is 91.0 Å². The van der Waals surface area contributed by atoms with Gasteiger partial charge >= 0.3 is 0 Å². The number of H-pyrrole nitrogens is 1. The monoisotopic (exact) mass is 674 g/mol. The molecular formula is C28H38N10O10. The Balaban J connectivity index is 2.04. The van der Waals surface area contributed by atoms with Crippen LogP contribution in [0.1, 0.15) is 41.2 Å². The highest BCUT2D eigenvalue weighted by molar-refractivity contribution is 5.95. The standard InChI is InChI=1S/C28H38N10O10/c1-13-25(45)18(11-39)16(6-31-13)4-19(26(46)33-8-21(29)42)37-23(44)10-32-22(43)9-34-27(47)20(5-17-7-30-12-35-17)38-28(48)24(14(2)40)36-15(3)41/h6-7,11-12,14,19-20,24,40,45H,4-5,8-10H2,1-3H3,(H2,29,42)(H,30,35)(H,32,43)(H,33,46)(H,34,47)(H,36,41)(H,37,44)(H,38,48)/t14-,19+,20+,24+/m1/s1. The maximum absolute atomic E-state index is 13.0. The van der Waals surface area contributed by atoms with Gasteiger partial charge in [-0.2, -0.15) is 0 Å². The van der Waals surface area contributed by atoms with E-state index in [1.54, 1.807) is 0 Å². The van der Waals surface area contributed by atoms with E-state index in [1.165, 1.54) is 32.6 Å². The van der Waals surface area contributed by atoms with Crippen LogP contribution in [0.2, 0.25) is 0 Å². The smallest absolute Gasteiger partial charge is 0.245 e. The largest absolute Gasteiger partial charge is 0.505 e. The number of amides is 7. The number of nitrogens with two attached hydrogens (primary N) is 1. The van der Waals surface area contributed by atoms with Crippen LogP contribution in [0.5, 0.6) is 5.75 Å². The van der Waals surface area contributed by atoms with Crippen LogP contribution in [0.25, 0.3) is 0 Å². The number of nitrogens with one attached hydrogen (secondary N) is 7. The van der Waals surface area contributed by atoms with Gasteiger partial charge in [0.1, 0.15) is 23.9 Å². The van der Waals surface area contributed by atoms with Gasteiger partial charge < -0.3 is 52.8 Å². The molecule has 7 amide bonds. The molecule has 0 aliphatic carbocycles. The molecule has 0 fully saturated rings. The minimum atomic E-state index is -1.40. The van der Waals surface area contributed by atoms with Crippen LogP contribution in [0.4, 0.5) is 0 Å². The van der Waals surface area contributed by atoms with Gasteiger partial charge in [0.2, 0.25) is 41.4 Å². The molecule has 4 atom stereocenters. The molecule has 0 radical (unpaired) electrons. The van der Waals surface area contributed by atoms with E-state index in [2.05, 4.69) is 46.9 Å². The molecule has 0 bridgehead atoms. The molecule has 260 valence electrons. The van der Waals surface area contributed by atoms with Crippen LogP contribution in [0.3, 0.4) is 0 Å². The third-order valence-electron chi connectivity index (χ3n) is 6.59. The fourth-order valence-electron chi connectivity index (χ4n) is 4.16. The Hall–Kier alpha value is -5.92. The van der Waals surface area contributed by atoms with E-state index in [0.717, 1.165) is 6.92 Å². The Morgan fingerprint density at radius 1 is 0.896 bits per heavy atom. The number of hydrogen-bond acceptors (Lipinski definition) is 12. The number of carbonyl (C=O) groups excluding carboxylic acids is 8. The fourth-order valence-corrected chi connectivity index (χ4v) is 4.16. The summed E-state index contributed by atoms with van der Waals surface area (Å²) in [6.45, 7) is 1.99. The number of aliphatic hydroxyl groups is 1. The molecule has 2 rings (SSSR count). The molecule has 0 unspecified atom stereocenters. The minimum Gasteiger partial charge on any atom is -0.505 e. The maximum Gasteiger partial charge on any atom is 0.245 e. The summed E-state index contributed by atoms with van der Waals surface area (Å²) >= 11 is 0. The van der Waals surface area contributed by atoms with E-state index in [0.29, 0.717) is 12.0 Å². The van der Waals surface area contributed by atoms with Crippen molar-refractivity contribution in [1.82, 2.24) is 46.9 Å². The number of imidazole rings is 1. The summed E-state index contributed by atoms with van der Waals surface area (Å²) in [5, 5.41) is 34.0. The number of aldehydes is 1. The number of carbonyl (C=O) groups is 8. The second kappa shape index (κ2) is 18.3. The van der Waals surface area contributed by atoms with E-state index in [1.807, 2.05) is 0 Å². The summed E-state index contributed by atoms with van der Waals surface area (Å²) in [6, 6.07) is -4.05. The number of pyridine rings is 1. The van der Waals surface area contributed by atoms with E-state index in [4.69, 9.17) is 5.73 Å². The molecule has 48 heavy (non-hydrogen) atoms. The fraction of sp³-hybridized carbons (Fsp3) is 0.429. The van der Waals surface area contributed by atoms with Crippen molar-refractivity contribution in [3.63, 3.8) is 0 Å². The molecule has 0 spiro atoms. The van der Waals surface area contributed by atoms with Crippen molar-refractivity contribution in [2.45, 2.75) is 57.8 Å². The highest BCUT2D eigenvalue weighted by Crippen LogP contribution is 2.22. The summed E-state index contributed by atoms with van der Waals surface area (Å²) in [5.41, 5.74) is 5.60. The number of aliphatic hydroxyl groups excluding tert-OH is 1. The lowest BCUT2D eigenvalue weighted by Gasteiger charge is -2.24. The van der Waals surface area contributed by atoms with Crippen molar-refractivity contribution in [3.8, 4) is 5.75 Å². The van der Waals surface area contributed by atoms with Crippen molar-refractivity contribution in [3.05, 3.63) is 41.2 Å². The van der Waals surface area contributed by atoms with Crippen molar-refractivity contribution in [2.75, 3.05) is 19.6 Å². The Morgan fingerprint density at radius 3 is 2.08 bits per heavy atom. The zero-order chi connectivity index (χ0) is 36.0. The molecular weight excluding hydrogens is 636 g/mol. The quantitative estimate of drug-likeness (QED) is 0.0666. The van der Waals surface area contributed by atoms with Crippen LogP contribution < -0.4 is 37.6 Å². The Labute approximate surface area is 273 Å². The third kappa shape index (κ3) is 12.1. The van der Waals surface area contributed by atoms with Gasteiger partial charge in [-0.1, -0.05) is 0 Å². The lowest BCUT2D eigenvalue weighted by molar-refractivity contribution is -0.134. The number of hydrogen-bond donors (Lipinski definition) is 10. The molecule has 20 heteroatoms. The molecule has 2 heterocycles. The molecule has 0 saturated carbocycles. The number of rotatable bonds is 18. The lowest BCUT2D eigenvalue weighted by Crippen LogP contribution is -2.57. The van der Waals surface area contributed by atoms with Gasteiger partial charge in [-0.15, -0.1) is 0 Å². The average Bonchev–Trinajstić information content (AvgIpc) is 3.54. The Kier molecular flexibility index (Phi) is 14.6. The van der Waals surface area contributed by atoms with Crippen molar-refractivity contribution >= 4 is 47.6 Å². The molecule has 2 aromatic heterocycles. The highest BCUT2D eigenvalue weighted by Gasteiger charge is 2.30. The van der Waals surface area contributed by atoms with Crippen LogP contribution in [0.15, 0.2) is 18.7 Å². The molecule has 11 N–H and O–H groups in total. The molecule has 0 aromatic carbocycles. The topological polar surface area (TPSA) is 317 Å². The van der Waals surface area contributed by atoms with E-state index >= 15 is 0 Å². The lowest BCUT2D eigenvalue weighted by atomic mass is 10.0. The van der Waals surface area contributed by atoms with E-state index in [-0.39, 0.29) is 29.7 Å². The Morgan fingerprint density at radius 2 is 1.52 bits per heavy atom. The van der Waals surface area contributed by atoms with Crippen LogP contribution in [0, 0.1) is 6.92 Å². The second-order valence-corrected chi connectivity index (χ2v) is 10.5. The first-order valence-electron chi connectivity index (χ1n) is 14.4. The predicted molar refractivity (Wildman–Crippen MR) is 163 cm³/mol. The first-order valence-corrected chi connectivity index (χ1v) is 14.4. The molecule has 20 nitrogen and oxygen atoms in total. The number of aromatic nitrogens is 3. The highest BCUT2D eigenvalue weighted by atomic mass is 16.3. The molecule has 0 aliphatic rings. The number of primary amides is 1. The molecule has 0 aliphatic heterocycles. The summed E-state index contributed by atoms with van der Waals surface area (Å²) in [5.74, 6) is -6.15. The first kappa shape index (κ1) is 38.3. The van der Waals surface area contributed by atoms with Crippen molar-refractivity contribution < 1.29 is 48.6 Å². The summed E-state index contributed by atoms with van der Waals surface area (Å²) in [6.07, 6.45) is 2.59.